The van der Waals surface area contributed by atoms with Crippen LogP contribution in [0.4, 0.5) is 34.1 Å². The number of hydrogen-bond acceptors (Lipinski definition) is 2. The summed E-state index contributed by atoms with van der Waals surface area (Å²) >= 11 is 0. The molecule has 0 N–H and O–H groups in total. The molecule has 60 heavy (non-hydrogen) atoms. The minimum Gasteiger partial charge on any atom is -0.310 e. The van der Waals surface area contributed by atoms with Gasteiger partial charge in [-0.15, -0.1) is 0 Å². The third-order valence-electron chi connectivity index (χ3n) is 11.2. The second-order valence-electron chi connectivity index (χ2n) is 15.0. The highest BCUT2D eigenvalue weighted by Crippen LogP contribution is 2.47. The Labute approximate surface area is 351 Å². The zero-order valence-electron chi connectivity index (χ0n) is 33.1. The van der Waals surface area contributed by atoms with E-state index < -0.39 is 0 Å². The fourth-order valence-electron chi connectivity index (χ4n) is 8.27. The molecule has 2 heteroatoms. The maximum Gasteiger partial charge on any atom is 0.0546 e. The summed E-state index contributed by atoms with van der Waals surface area (Å²) in [5.74, 6) is 0. The van der Waals surface area contributed by atoms with Gasteiger partial charge in [-0.1, -0.05) is 194 Å². The zero-order valence-corrected chi connectivity index (χ0v) is 33.1. The average Bonchev–Trinajstić information content (AvgIpc) is 3.33. The Morgan fingerprint density at radius 2 is 0.483 bits per heavy atom. The van der Waals surface area contributed by atoms with E-state index in [2.05, 4.69) is 252 Å². The van der Waals surface area contributed by atoms with Crippen molar-refractivity contribution in [2.75, 3.05) is 9.80 Å². The first-order valence-electron chi connectivity index (χ1n) is 20.5. The van der Waals surface area contributed by atoms with E-state index in [9.17, 15) is 0 Å². The summed E-state index contributed by atoms with van der Waals surface area (Å²) in [5.41, 5.74) is 11.3. The highest BCUT2D eigenvalue weighted by Gasteiger charge is 2.22. The van der Waals surface area contributed by atoms with Gasteiger partial charge in [0.25, 0.3) is 0 Å². The van der Waals surface area contributed by atoms with E-state index >= 15 is 0 Å². The van der Waals surface area contributed by atoms with E-state index in [0.29, 0.717) is 0 Å². The molecule has 10 rings (SSSR count). The second kappa shape index (κ2) is 16.5. The number of hydrogen-bond donors (Lipinski definition) is 0. The van der Waals surface area contributed by atoms with Gasteiger partial charge in [-0.3, -0.25) is 0 Å². The quantitative estimate of drug-likeness (QED) is 0.101. The minimum atomic E-state index is 1.10. The van der Waals surface area contributed by atoms with Gasteiger partial charge in [0.15, 0.2) is 0 Å². The molecule has 10 aromatic rings. The van der Waals surface area contributed by atoms with Crippen molar-refractivity contribution in [1.82, 2.24) is 0 Å². The number of anilines is 6. The van der Waals surface area contributed by atoms with Crippen molar-refractivity contribution >= 4 is 90.7 Å². The molecule has 0 unspecified atom stereocenters. The Morgan fingerprint density at radius 3 is 0.833 bits per heavy atom. The number of fused-ring (bicyclic) bond motifs is 5. The molecule has 2 nitrogen and oxygen atoms in total. The van der Waals surface area contributed by atoms with Crippen LogP contribution in [0.1, 0.15) is 22.3 Å². The SMILES string of the molecule is C(=C\c1ccc(N(c2ccccc2)c2cc3c4ccccc4c(N(c4ccccc4)c4ccc(/C=C/c5ccccc5)cc4)cc3c3ccccc23)cc1)/c1ccccc1. The average molecular weight is 767 g/mol. The van der Waals surface area contributed by atoms with E-state index in [1.54, 1.807) is 0 Å². The van der Waals surface area contributed by atoms with Gasteiger partial charge in [0, 0.05) is 33.5 Å². The number of para-hydroxylation sites is 2. The van der Waals surface area contributed by atoms with Crippen LogP contribution >= 0.6 is 0 Å². The van der Waals surface area contributed by atoms with Crippen molar-refractivity contribution in [3.05, 3.63) is 253 Å². The fourth-order valence-corrected chi connectivity index (χ4v) is 8.27. The van der Waals surface area contributed by atoms with Crippen LogP contribution in [0.2, 0.25) is 0 Å². The number of benzene rings is 10. The van der Waals surface area contributed by atoms with Crippen molar-refractivity contribution in [2.24, 2.45) is 0 Å². The Morgan fingerprint density at radius 1 is 0.217 bits per heavy atom. The van der Waals surface area contributed by atoms with Crippen LogP contribution in [0, 0.1) is 0 Å². The molecule has 284 valence electrons. The number of rotatable bonds is 10. The summed E-state index contributed by atoms with van der Waals surface area (Å²) in [5, 5.41) is 7.19. The van der Waals surface area contributed by atoms with Crippen LogP contribution in [-0.2, 0) is 0 Å². The Kier molecular flexibility index (Phi) is 10.0. The van der Waals surface area contributed by atoms with Gasteiger partial charge >= 0.3 is 0 Å². The standard InChI is InChI=1S/C58H42N2/c1-5-17-43(18-6-1)29-31-45-33-37-49(38-34-45)59(47-21-9-3-10-22-47)57-41-55-52-26-14-16-28-54(52)58(42-56(55)51-25-13-15-27-53(51)57)60(48-23-11-4-12-24-48)50-39-35-46(36-40-50)32-30-44-19-7-2-8-20-44/h1-42H/b31-29+,32-30+. The van der Waals surface area contributed by atoms with Crippen molar-refractivity contribution in [1.29, 1.82) is 0 Å². The highest BCUT2D eigenvalue weighted by molar-refractivity contribution is 6.24. The summed E-state index contributed by atoms with van der Waals surface area (Å²) in [6.07, 6.45) is 8.69. The van der Waals surface area contributed by atoms with Crippen molar-refractivity contribution < 1.29 is 0 Å². The van der Waals surface area contributed by atoms with Crippen LogP contribution in [0.25, 0.3) is 56.6 Å². The fraction of sp³-hybridized carbons (Fsp3) is 0. The first-order chi connectivity index (χ1) is 29.8. The molecule has 0 aliphatic heterocycles. The van der Waals surface area contributed by atoms with Crippen molar-refractivity contribution in [3.8, 4) is 0 Å². The van der Waals surface area contributed by atoms with Gasteiger partial charge in [-0.05, 0) is 104 Å². The van der Waals surface area contributed by atoms with E-state index in [1.165, 1.54) is 43.4 Å². The van der Waals surface area contributed by atoms with Gasteiger partial charge in [0.1, 0.15) is 0 Å². The number of nitrogens with zero attached hydrogens (tertiary/aromatic N) is 2. The smallest absolute Gasteiger partial charge is 0.0546 e. The van der Waals surface area contributed by atoms with Gasteiger partial charge in [0.05, 0.1) is 11.4 Å². The molecule has 0 aliphatic carbocycles. The van der Waals surface area contributed by atoms with E-state index in [1.807, 2.05) is 12.1 Å². The Bertz CT molecular complexity index is 2880. The van der Waals surface area contributed by atoms with Gasteiger partial charge < -0.3 is 9.80 Å². The van der Waals surface area contributed by atoms with Gasteiger partial charge in [-0.2, -0.15) is 0 Å². The van der Waals surface area contributed by atoms with Gasteiger partial charge in [-0.25, -0.2) is 0 Å². The normalized spacial score (nSPS) is 11.5. The van der Waals surface area contributed by atoms with Crippen molar-refractivity contribution in [2.45, 2.75) is 0 Å². The van der Waals surface area contributed by atoms with Gasteiger partial charge in [0.2, 0.25) is 0 Å². The first kappa shape index (κ1) is 36.4. The van der Waals surface area contributed by atoms with Crippen molar-refractivity contribution in [3.63, 3.8) is 0 Å². The van der Waals surface area contributed by atoms with Crippen LogP contribution in [0.5, 0.6) is 0 Å². The summed E-state index contributed by atoms with van der Waals surface area (Å²) in [6.45, 7) is 0. The first-order valence-corrected chi connectivity index (χ1v) is 20.5. The Balaban J connectivity index is 1.13. The molecule has 10 aromatic carbocycles. The highest BCUT2D eigenvalue weighted by atomic mass is 15.1. The summed E-state index contributed by atoms with van der Waals surface area (Å²) in [7, 11) is 0. The molecule has 0 aliphatic rings. The van der Waals surface area contributed by atoms with Crippen LogP contribution in [-0.4, -0.2) is 0 Å². The summed E-state index contributed by atoms with van der Waals surface area (Å²) in [6, 6.07) is 82.6. The molecule has 0 aromatic heterocycles. The monoisotopic (exact) mass is 766 g/mol. The molecule has 0 amide bonds. The predicted octanol–water partition coefficient (Wildman–Crippen LogP) is 16.4. The van der Waals surface area contributed by atoms with E-state index in [0.717, 1.165) is 45.3 Å². The lowest BCUT2D eigenvalue weighted by Gasteiger charge is -2.30. The minimum absolute atomic E-state index is 1.10. The molecule has 0 saturated carbocycles. The topological polar surface area (TPSA) is 6.48 Å². The second-order valence-corrected chi connectivity index (χ2v) is 15.0. The lowest BCUT2D eigenvalue weighted by atomic mass is 9.93. The maximum atomic E-state index is 2.40. The molecule has 0 bridgehead atoms. The zero-order chi connectivity index (χ0) is 40.1. The van der Waals surface area contributed by atoms with E-state index in [4.69, 9.17) is 0 Å². The molecule has 0 heterocycles. The maximum absolute atomic E-state index is 2.40. The molecule has 0 radical (unpaired) electrons. The molecule has 0 spiro atoms. The van der Waals surface area contributed by atoms with Crippen LogP contribution < -0.4 is 9.80 Å². The lowest BCUT2D eigenvalue weighted by molar-refractivity contribution is 1.30. The lowest BCUT2D eigenvalue weighted by Crippen LogP contribution is -2.12. The largest absolute Gasteiger partial charge is 0.310 e. The third-order valence-corrected chi connectivity index (χ3v) is 11.2. The third kappa shape index (κ3) is 7.35. The van der Waals surface area contributed by atoms with E-state index in [-0.39, 0.29) is 0 Å². The molecule has 0 saturated heterocycles. The van der Waals surface area contributed by atoms with Crippen LogP contribution in [0.3, 0.4) is 0 Å². The molecular weight excluding hydrogens is 725 g/mol. The molecular formula is C58H42N2. The predicted molar refractivity (Wildman–Crippen MR) is 259 cm³/mol. The Hall–Kier alpha value is -7.94. The van der Waals surface area contributed by atoms with Crippen LogP contribution in [0.15, 0.2) is 231 Å². The summed E-state index contributed by atoms with van der Waals surface area (Å²) < 4.78 is 0. The summed E-state index contributed by atoms with van der Waals surface area (Å²) in [4.78, 5) is 4.80. The molecule has 0 atom stereocenters. The molecule has 0 fully saturated rings.